The van der Waals surface area contributed by atoms with Gasteiger partial charge in [0.25, 0.3) is 0 Å². The molecule has 0 atom stereocenters. The van der Waals surface area contributed by atoms with Gasteiger partial charge in [-0.2, -0.15) is 0 Å². The lowest BCUT2D eigenvalue weighted by molar-refractivity contribution is 0.415. The summed E-state index contributed by atoms with van der Waals surface area (Å²) in [4.78, 5) is 4.51. The highest BCUT2D eigenvalue weighted by atomic mass is 16.5. The molecule has 0 aliphatic rings. The summed E-state index contributed by atoms with van der Waals surface area (Å²) in [5, 5.41) is 2.46. The second-order valence-corrected chi connectivity index (χ2v) is 9.52. The first-order chi connectivity index (χ1) is 19.2. The van der Waals surface area contributed by atoms with Crippen molar-refractivity contribution in [2.45, 2.75) is 0 Å². The minimum atomic E-state index is 0.859. The van der Waals surface area contributed by atoms with Crippen LogP contribution in [-0.4, -0.2) is 14.2 Å². The van der Waals surface area contributed by atoms with Crippen LogP contribution in [0.5, 0.6) is 5.75 Å². The zero-order chi connectivity index (χ0) is 26.6. The molecule has 0 aliphatic carbocycles. The number of fused-ring (bicyclic) bond motifs is 1. The van der Waals surface area contributed by atoms with Crippen LogP contribution in [0.4, 0.5) is 28.4 Å². The summed E-state index contributed by atoms with van der Waals surface area (Å²) in [6, 6.07) is 51.3. The predicted octanol–water partition coefficient (Wildman–Crippen LogP) is 9.75. The number of hydrogen-bond donors (Lipinski definition) is 0. The Bertz CT molecular complexity index is 1670. The molecular formula is C36H30N2O. The van der Waals surface area contributed by atoms with Crippen molar-refractivity contribution < 1.29 is 4.74 Å². The summed E-state index contributed by atoms with van der Waals surface area (Å²) in [5.41, 5.74) is 8.03. The fraction of sp³-hybridized carbons (Fsp3) is 0.0556. The third-order valence-electron chi connectivity index (χ3n) is 7.20. The SMILES string of the molecule is COc1ccc(N(C)c2ccc(-c3ccc(N(c4ccccc4)c4cccc5ccccc45)cc3)cc2)cc1. The molecule has 6 rings (SSSR count). The number of methoxy groups -OCH3 is 1. The molecule has 0 aliphatic heterocycles. The van der Waals surface area contributed by atoms with Gasteiger partial charge in [-0.1, -0.05) is 78.9 Å². The number of ether oxygens (including phenoxy) is 1. The van der Waals surface area contributed by atoms with E-state index in [0.717, 1.165) is 34.2 Å². The number of rotatable bonds is 7. The van der Waals surface area contributed by atoms with E-state index in [-0.39, 0.29) is 0 Å². The number of hydrogen-bond acceptors (Lipinski definition) is 3. The van der Waals surface area contributed by atoms with E-state index < -0.39 is 0 Å². The van der Waals surface area contributed by atoms with Crippen molar-refractivity contribution >= 4 is 39.2 Å². The maximum Gasteiger partial charge on any atom is 0.119 e. The van der Waals surface area contributed by atoms with Gasteiger partial charge in [-0.15, -0.1) is 0 Å². The third kappa shape index (κ3) is 4.95. The molecule has 0 aromatic heterocycles. The van der Waals surface area contributed by atoms with Crippen LogP contribution in [0, 0.1) is 0 Å². The second kappa shape index (κ2) is 10.8. The van der Waals surface area contributed by atoms with Crippen LogP contribution < -0.4 is 14.5 Å². The largest absolute Gasteiger partial charge is 0.497 e. The Hall–Kier alpha value is -5.02. The summed E-state index contributed by atoms with van der Waals surface area (Å²) in [7, 11) is 3.77. The molecule has 0 heterocycles. The van der Waals surface area contributed by atoms with Gasteiger partial charge in [-0.3, -0.25) is 0 Å². The molecule has 0 saturated carbocycles. The van der Waals surface area contributed by atoms with E-state index >= 15 is 0 Å². The molecule has 0 saturated heterocycles. The van der Waals surface area contributed by atoms with Crippen LogP contribution in [-0.2, 0) is 0 Å². The average Bonchev–Trinajstić information content (AvgIpc) is 3.02. The fourth-order valence-electron chi connectivity index (χ4n) is 5.04. The van der Waals surface area contributed by atoms with E-state index in [1.54, 1.807) is 7.11 Å². The zero-order valence-electron chi connectivity index (χ0n) is 22.2. The molecule has 0 spiro atoms. The van der Waals surface area contributed by atoms with E-state index in [4.69, 9.17) is 4.74 Å². The summed E-state index contributed by atoms with van der Waals surface area (Å²) in [6.45, 7) is 0. The van der Waals surface area contributed by atoms with E-state index in [0.29, 0.717) is 0 Å². The van der Waals surface area contributed by atoms with Crippen LogP contribution in [0.25, 0.3) is 21.9 Å². The first-order valence-electron chi connectivity index (χ1n) is 13.1. The fourth-order valence-corrected chi connectivity index (χ4v) is 5.04. The highest BCUT2D eigenvalue weighted by Crippen LogP contribution is 2.39. The minimum Gasteiger partial charge on any atom is -0.497 e. The van der Waals surface area contributed by atoms with Crippen molar-refractivity contribution in [2.24, 2.45) is 0 Å². The first kappa shape index (κ1) is 24.3. The molecule has 6 aromatic rings. The molecule has 0 radical (unpaired) electrons. The quantitative estimate of drug-likeness (QED) is 0.214. The van der Waals surface area contributed by atoms with Gasteiger partial charge in [0.2, 0.25) is 0 Å². The van der Waals surface area contributed by atoms with Gasteiger partial charge in [0.15, 0.2) is 0 Å². The number of para-hydroxylation sites is 1. The van der Waals surface area contributed by atoms with E-state index in [1.807, 2.05) is 12.1 Å². The highest BCUT2D eigenvalue weighted by Gasteiger charge is 2.15. The Morgan fingerprint density at radius 2 is 0.974 bits per heavy atom. The van der Waals surface area contributed by atoms with Crippen molar-refractivity contribution in [3.8, 4) is 16.9 Å². The maximum atomic E-state index is 5.29. The summed E-state index contributed by atoms with van der Waals surface area (Å²) in [5.74, 6) is 0.859. The van der Waals surface area contributed by atoms with Gasteiger partial charge in [0.1, 0.15) is 5.75 Å². The van der Waals surface area contributed by atoms with E-state index in [2.05, 4.69) is 150 Å². The van der Waals surface area contributed by atoms with Gasteiger partial charge in [0, 0.05) is 35.2 Å². The van der Waals surface area contributed by atoms with Gasteiger partial charge < -0.3 is 14.5 Å². The molecule has 0 N–H and O–H groups in total. The van der Waals surface area contributed by atoms with Gasteiger partial charge >= 0.3 is 0 Å². The lowest BCUT2D eigenvalue weighted by Gasteiger charge is -2.27. The van der Waals surface area contributed by atoms with Gasteiger partial charge in [-0.25, -0.2) is 0 Å². The lowest BCUT2D eigenvalue weighted by Crippen LogP contribution is -2.10. The number of anilines is 5. The Labute approximate surface area is 230 Å². The maximum absolute atomic E-state index is 5.29. The van der Waals surface area contributed by atoms with Crippen molar-refractivity contribution in [1.82, 2.24) is 0 Å². The van der Waals surface area contributed by atoms with Crippen LogP contribution in [0.1, 0.15) is 0 Å². The zero-order valence-corrected chi connectivity index (χ0v) is 22.2. The van der Waals surface area contributed by atoms with Gasteiger partial charge in [-0.05, 0) is 83.2 Å². The van der Waals surface area contributed by atoms with Crippen LogP contribution >= 0.6 is 0 Å². The third-order valence-corrected chi connectivity index (χ3v) is 7.20. The number of benzene rings is 6. The number of nitrogens with zero attached hydrogens (tertiary/aromatic N) is 2. The predicted molar refractivity (Wildman–Crippen MR) is 165 cm³/mol. The Kier molecular flexibility index (Phi) is 6.71. The second-order valence-electron chi connectivity index (χ2n) is 9.52. The molecule has 0 fully saturated rings. The van der Waals surface area contributed by atoms with Crippen molar-refractivity contribution in [3.05, 3.63) is 146 Å². The van der Waals surface area contributed by atoms with E-state index in [9.17, 15) is 0 Å². The molecule has 190 valence electrons. The first-order valence-corrected chi connectivity index (χ1v) is 13.1. The van der Waals surface area contributed by atoms with Crippen LogP contribution in [0.2, 0.25) is 0 Å². The normalized spacial score (nSPS) is 10.8. The minimum absolute atomic E-state index is 0.859. The Balaban J connectivity index is 1.30. The molecule has 0 unspecified atom stereocenters. The molecule has 3 nitrogen and oxygen atoms in total. The molecule has 0 amide bonds. The molecule has 0 bridgehead atoms. The van der Waals surface area contributed by atoms with Crippen LogP contribution in [0.15, 0.2) is 146 Å². The standard InChI is InChI=1S/C36H30N2O/c1-37(31-23-25-34(39-2)26-24-31)30-19-15-27(16-20-30)28-17-21-33(22-18-28)38(32-11-4-3-5-12-32)36-14-8-10-29-9-6-7-13-35(29)36/h3-26H,1-2H3. The summed E-state index contributed by atoms with van der Waals surface area (Å²) in [6.07, 6.45) is 0. The average molecular weight is 507 g/mol. The monoisotopic (exact) mass is 506 g/mol. The summed E-state index contributed by atoms with van der Waals surface area (Å²) >= 11 is 0. The molecule has 3 heteroatoms. The van der Waals surface area contributed by atoms with E-state index in [1.165, 1.54) is 21.9 Å². The molecular weight excluding hydrogens is 476 g/mol. The van der Waals surface area contributed by atoms with Gasteiger partial charge in [0.05, 0.1) is 12.8 Å². The Morgan fingerprint density at radius 3 is 1.62 bits per heavy atom. The highest BCUT2D eigenvalue weighted by molar-refractivity contribution is 5.98. The van der Waals surface area contributed by atoms with Crippen molar-refractivity contribution in [1.29, 1.82) is 0 Å². The van der Waals surface area contributed by atoms with Crippen molar-refractivity contribution in [2.75, 3.05) is 24.0 Å². The molecule has 39 heavy (non-hydrogen) atoms. The summed E-state index contributed by atoms with van der Waals surface area (Å²) < 4.78 is 5.29. The Morgan fingerprint density at radius 1 is 0.462 bits per heavy atom. The van der Waals surface area contributed by atoms with Crippen LogP contribution in [0.3, 0.4) is 0 Å². The van der Waals surface area contributed by atoms with Crippen molar-refractivity contribution in [3.63, 3.8) is 0 Å². The molecule has 6 aromatic carbocycles. The topological polar surface area (TPSA) is 15.7 Å². The smallest absolute Gasteiger partial charge is 0.119 e. The lowest BCUT2D eigenvalue weighted by atomic mass is 10.0.